The number of benzene rings is 2. The molecule has 0 radical (unpaired) electrons. The summed E-state index contributed by atoms with van der Waals surface area (Å²) in [7, 11) is 0. The molecule has 2 heterocycles. The number of hydrogen-bond donors (Lipinski definition) is 2. The molecule has 0 saturated heterocycles. The largest absolute Gasteiger partial charge is 0.494 e. The van der Waals surface area contributed by atoms with Gasteiger partial charge in [-0.2, -0.15) is 5.10 Å². The van der Waals surface area contributed by atoms with Crippen molar-refractivity contribution in [2.75, 3.05) is 26.3 Å². The van der Waals surface area contributed by atoms with Gasteiger partial charge in [-0.25, -0.2) is 0 Å². The lowest BCUT2D eigenvalue weighted by atomic mass is 10.1. The fraction of sp³-hybridized carbons (Fsp3) is 0.414. The molecule has 0 saturated carbocycles. The van der Waals surface area contributed by atoms with Crippen molar-refractivity contribution >= 4 is 11.9 Å². The Morgan fingerprint density at radius 2 is 1.97 bits per heavy atom. The molecule has 1 amide bonds. The highest BCUT2D eigenvalue weighted by molar-refractivity contribution is 5.78. The summed E-state index contributed by atoms with van der Waals surface area (Å²) in [6.07, 6.45) is 6.35. The molecule has 9 nitrogen and oxygen atoms in total. The number of amides is 1. The van der Waals surface area contributed by atoms with Crippen LogP contribution in [0.5, 0.6) is 11.5 Å². The van der Waals surface area contributed by atoms with Crippen LogP contribution in [0.15, 0.2) is 54.9 Å². The molecule has 38 heavy (non-hydrogen) atoms. The molecule has 3 aromatic rings. The molecule has 202 valence electrons. The van der Waals surface area contributed by atoms with Crippen LogP contribution in [0.4, 0.5) is 0 Å². The topological polar surface area (TPSA) is 106 Å². The highest BCUT2D eigenvalue weighted by Gasteiger charge is 2.18. The highest BCUT2D eigenvalue weighted by atomic mass is 16.5. The minimum absolute atomic E-state index is 0.0314. The number of fused-ring (bicyclic) bond motifs is 1. The molecule has 9 heteroatoms. The van der Waals surface area contributed by atoms with Gasteiger partial charge in [-0.05, 0) is 61.6 Å². The molecule has 0 spiro atoms. The van der Waals surface area contributed by atoms with Crippen LogP contribution < -0.4 is 14.8 Å². The van der Waals surface area contributed by atoms with Gasteiger partial charge in [-0.3, -0.25) is 19.2 Å². The van der Waals surface area contributed by atoms with E-state index in [0.29, 0.717) is 45.0 Å². The second-order valence-corrected chi connectivity index (χ2v) is 9.50. The molecule has 2 aromatic carbocycles. The van der Waals surface area contributed by atoms with Gasteiger partial charge in [0, 0.05) is 43.2 Å². The standard InChI is InChI=1S/C29H36N4O5/c1-2-37-26-10-8-23(16-25(26)20-33-13-6-12-31-33)18-32-19-24-15-22(17-29(35)36)7-9-27(24)38-14-5-3-4-11-30-28(34)21-32/h6-10,12-13,15-16H,2-5,11,14,17-21H2,1H3,(H,30,34)(H,35,36). The number of carboxylic acid groups (broad SMARTS) is 1. The first-order valence-electron chi connectivity index (χ1n) is 13.2. The summed E-state index contributed by atoms with van der Waals surface area (Å²) in [5, 5.41) is 16.7. The minimum Gasteiger partial charge on any atom is -0.494 e. The van der Waals surface area contributed by atoms with Crippen molar-refractivity contribution in [1.29, 1.82) is 0 Å². The van der Waals surface area contributed by atoms with E-state index in [9.17, 15) is 14.7 Å². The monoisotopic (exact) mass is 520 g/mol. The molecule has 0 atom stereocenters. The third-order valence-corrected chi connectivity index (χ3v) is 6.36. The molecule has 4 rings (SSSR count). The number of carboxylic acids is 1. The van der Waals surface area contributed by atoms with Gasteiger partial charge in [-0.1, -0.05) is 18.2 Å². The maximum absolute atomic E-state index is 12.8. The fourth-order valence-corrected chi connectivity index (χ4v) is 4.64. The van der Waals surface area contributed by atoms with E-state index in [4.69, 9.17) is 9.47 Å². The van der Waals surface area contributed by atoms with E-state index in [1.165, 1.54) is 0 Å². The molecule has 0 aliphatic carbocycles. The Hall–Kier alpha value is -3.85. The lowest BCUT2D eigenvalue weighted by Gasteiger charge is -2.24. The third kappa shape index (κ3) is 8.08. The number of nitrogens with zero attached hydrogens (tertiary/aromatic N) is 3. The molecular weight excluding hydrogens is 484 g/mol. The van der Waals surface area contributed by atoms with Gasteiger partial charge >= 0.3 is 5.97 Å². The summed E-state index contributed by atoms with van der Waals surface area (Å²) >= 11 is 0. The third-order valence-electron chi connectivity index (χ3n) is 6.36. The van der Waals surface area contributed by atoms with Gasteiger partial charge in [0.15, 0.2) is 0 Å². The second-order valence-electron chi connectivity index (χ2n) is 9.50. The zero-order valence-corrected chi connectivity index (χ0v) is 21.9. The second kappa shape index (κ2) is 13.6. The number of rotatable bonds is 8. The van der Waals surface area contributed by atoms with Crippen molar-refractivity contribution < 1.29 is 24.2 Å². The number of carbonyl (C=O) groups excluding carboxylic acids is 1. The van der Waals surface area contributed by atoms with E-state index in [2.05, 4.69) is 21.4 Å². The van der Waals surface area contributed by atoms with E-state index >= 15 is 0 Å². The molecule has 2 N–H and O–H groups in total. The summed E-state index contributed by atoms with van der Waals surface area (Å²) in [5.41, 5.74) is 3.63. The summed E-state index contributed by atoms with van der Waals surface area (Å²) < 4.78 is 13.8. The quantitative estimate of drug-likeness (QED) is 0.467. The number of nitrogens with one attached hydrogen (secondary N) is 1. The van der Waals surface area contributed by atoms with Crippen LogP contribution in [0, 0.1) is 0 Å². The van der Waals surface area contributed by atoms with Crippen LogP contribution in [0.25, 0.3) is 0 Å². The van der Waals surface area contributed by atoms with Gasteiger partial charge in [-0.15, -0.1) is 0 Å². The van der Waals surface area contributed by atoms with Crippen molar-refractivity contribution in [3.63, 3.8) is 0 Å². The number of aromatic nitrogens is 2. The molecule has 1 aromatic heterocycles. The fourth-order valence-electron chi connectivity index (χ4n) is 4.64. The Morgan fingerprint density at radius 1 is 1.11 bits per heavy atom. The van der Waals surface area contributed by atoms with E-state index in [0.717, 1.165) is 47.5 Å². The Kier molecular flexibility index (Phi) is 9.75. The van der Waals surface area contributed by atoms with Crippen LogP contribution in [-0.4, -0.2) is 58.0 Å². The Bertz CT molecular complexity index is 1210. The summed E-state index contributed by atoms with van der Waals surface area (Å²) in [5.74, 6) is 0.628. The van der Waals surface area contributed by atoms with Gasteiger partial charge in [0.25, 0.3) is 0 Å². The lowest BCUT2D eigenvalue weighted by molar-refractivity contribution is -0.136. The minimum atomic E-state index is -0.883. The average molecular weight is 521 g/mol. The molecule has 1 aliphatic rings. The summed E-state index contributed by atoms with van der Waals surface area (Å²) in [6, 6.07) is 13.5. The number of aliphatic carboxylic acids is 1. The predicted molar refractivity (Wildman–Crippen MR) is 143 cm³/mol. The zero-order valence-electron chi connectivity index (χ0n) is 21.9. The summed E-state index contributed by atoms with van der Waals surface area (Å²) in [4.78, 5) is 26.2. The maximum Gasteiger partial charge on any atom is 0.307 e. The highest BCUT2D eigenvalue weighted by Crippen LogP contribution is 2.26. The van der Waals surface area contributed by atoms with Crippen molar-refractivity contribution in [3.8, 4) is 11.5 Å². The van der Waals surface area contributed by atoms with Crippen molar-refractivity contribution in [2.45, 2.75) is 52.2 Å². The van der Waals surface area contributed by atoms with Crippen molar-refractivity contribution in [1.82, 2.24) is 20.0 Å². The van der Waals surface area contributed by atoms with Crippen LogP contribution in [0.3, 0.4) is 0 Å². The maximum atomic E-state index is 12.8. The molecule has 0 fully saturated rings. The molecule has 0 bridgehead atoms. The lowest BCUT2D eigenvalue weighted by Crippen LogP contribution is -2.37. The van der Waals surface area contributed by atoms with E-state index in [1.54, 1.807) is 12.3 Å². The van der Waals surface area contributed by atoms with E-state index in [-0.39, 0.29) is 18.9 Å². The van der Waals surface area contributed by atoms with Crippen LogP contribution >= 0.6 is 0 Å². The Balaban J connectivity index is 1.62. The van der Waals surface area contributed by atoms with Gasteiger partial charge < -0.3 is 19.9 Å². The van der Waals surface area contributed by atoms with Crippen LogP contribution in [0.2, 0.25) is 0 Å². The molecule has 0 unspecified atom stereocenters. The number of carbonyl (C=O) groups is 2. The van der Waals surface area contributed by atoms with Crippen LogP contribution in [0.1, 0.15) is 48.4 Å². The van der Waals surface area contributed by atoms with Gasteiger partial charge in [0.05, 0.1) is 32.7 Å². The summed E-state index contributed by atoms with van der Waals surface area (Å²) in [6.45, 7) is 5.49. The Morgan fingerprint density at radius 3 is 2.76 bits per heavy atom. The van der Waals surface area contributed by atoms with Gasteiger partial charge in [0.1, 0.15) is 11.5 Å². The first kappa shape index (κ1) is 27.2. The van der Waals surface area contributed by atoms with Crippen molar-refractivity contribution in [2.24, 2.45) is 0 Å². The zero-order chi connectivity index (χ0) is 26.7. The molecule has 1 aliphatic heterocycles. The Labute approximate surface area is 223 Å². The normalized spacial score (nSPS) is 15.2. The smallest absolute Gasteiger partial charge is 0.307 e. The van der Waals surface area contributed by atoms with E-state index in [1.807, 2.05) is 48.1 Å². The number of hydrogen-bond acceptors (Lipinski definition) is 6. The first-order chi connectivity index (χ1) is 18.5. The molecular formula is C29H36N4O5. The first-order valence-corrected chi connectivity index (χ1v) is 13.2. The van der Waals surface area contributed by atoms with Crippen LogP contribution in [-0.2, 0) is 35.6 Å². The van der Waals surface area contributed by atoms with E-state index < -0.39 is 5.97 Å². The predicted octanol–water partition coefficient (Wildman–Crippen LogP) is 3.64. The van der Waals surface area contributed by atoms with Crippen molar-refractivity contribution in [3.05, 3.63) is 77.1 Å². The average Bonchev–Trinajstić information content (AvgIpc) is 3.39. The SMILES string of the molecule is CCOc1ccc(CN2CC(=O)NCCCCCOc3ccc(CC(=O)O)cc3C2)cc1Cn1cccn1. The number of ether oxygens (including phenoxy) is 2. The van der Waals surface area contributed by atoms with Gasteiger partial charge in [0.2, 0.25) is 5.91 Å².